The van der Waals surface area contributed by atoms with Crippen molar-refractivity contribution in [3.05, 3.63) is 107 Å². The fourth-order valence-electron chi connectivity index (χ4n) is 4.18. The van der Waals surface area contributed by atoms with Gasteiger partial charge in [0.1, 0.15) is 0 Å². The second-order valence-electron chi connectivity index (χ2n) is 7.23. The van der Waals surface area contributed by atoms with Crippen LogP contribution >= 0.6 is 30.0 Å². The van der Waals surface area contributed by atoms with Crippen molar-refractivity contribution >= 4 is 62.6 Å². The van der Waals surface area contributed by atoms with E-state index in [9.17, 15) is 4.89 Å². The first kappa shape index (κ1) is 19.4. The maximum absolute atomic E-state index is 13.3. The predicted molar refractivity (Wildman–Crippen MR) is 128 cm³/mol. The molecule has 0 unspecified atom stereocenters. The summed E-state index contributed by atoms with van der Waals surface area (Å²) in [5.74, 6) is 0. The molecule has 3 nitrogen and oxygen atoms in total. The summed E-state index contributed by atoms with van der Waals surface area (Å²) in [5, 5.41) is 12.9. The van der Waals surface area contributed by atoms with Gasteiger partial charge in [-0.3, -0.25) is 0 Å². The molecule has 0 aliphatic carbocycles. The first-order valence-electron chi connectivity index (χ1n) is 9.41. The number of azo groups is 1. The third kappa shape index (κ3) is 2.67. The van der Waals surface area contributed by atoms with Crippen molar-refractivity contribution < 1.29 is 4.89 Å². The van der Waals surface area contributed by atoms with E-state index in [1.165, 1.54) is 0 Å². The molecule has 2 bridgehead atoms. The van der Waals surface area contributed by atoms with Gasteiger partial charge in [0.05, 0.1) is 0 Å². The molecule has 0 radical (unpaired) electrons. The van der Waals surface area contributed by atoms with Crippen LogP contribution in [0.1, 0.15) is 0 Å². The second kappa shape index (κ2) is 7.01. The summed E-state index contributed by atoms with van der Waals surface area (Å²) < 4.78 is 0. The van der Waals surface area contributed by atoms with E-state index in [1.54, 1.807) is 0 Å². The zero-order chi connectivity index (χ0) is 20.8. The Labute approximate surface area is 184 Å². The van der Waals surface area contributed by atoms with Crippen LogP contribution in [0, 0.1) is 0 Å². The molecule has 6 heteroatoms. The van der Waals surface area contributed by atoms with E-state index in [0.29, 0.717) is 15.7 Å². The average molecular weight is 451 g/mol. The monoisotopic (exact) mass is 450 g/mol. The van der Waals surface area contributed by atoms with Gasteiger partial charge < -0.3 is 0 Å². The van der Waals surface area contributed by atoms with Crippen molar-refractivity contribution in [1.29, 1.82) is 0 Å². The van der Waals surface area contributed by atoms with Gasteiger partial charge in [-0.1, -0.05) is 0 Å². The van der Waals surface area contributed by atoms with Gasteiger partial charge in [0.2, 0.25) is 0 Å². The van der Waals surface area contributed by atoms with Crippen LogP contribution < -0.4 is 21.2 Å². The number of rotatable bonds is 4. The molecular weight excluding hydrogens is 434 g/mol. The summed E-state index contributed by atoms with van der Waals surface area (Å²) >= 11 is 12.4. The Bertz CT molecular complexity index is 1230. The molecule has 1 aliphatic heterocycles. The fraction of sp³-hybridized carbons (Fsp3) is 0. The van der Waals surface area contributed by atoms with Crippen molar-refractivity contribution in [3.8, 4) is 0 Å². The van der Waals surface area contributed by atoms with Crippen LogP contribution in [-0.2, 0) is 0 Å². The van der Waals surface area contributed by atoms with Gasteiger partial charge in [-0.15, -0.1) is 0 Å². The van der Waals surface area contributed by atoms with Crippen molar-refractivity contribution in [3.63, 3.8) is 0 Å². The van der Waals surface area contributed by atoms with E-state index in [1.807, 2.05) is 97.1 Å². The number of hydrogen-bond acceptors (Lipinski definition) is 3. The number of benzene rings is 4. The molecule has 0 atom stereocenters. The molecule has 1 heterocycles. The minimum absolute atomic E-state index is 0.604. The number of hydrogen-bond donors (Lipinski definition) is 1. The molecule has 30 heavy (non-hydrogen) atoms. The van der Waals surface area contributed by atoms with Crippen molar-refractivity contribution in [1.82, 2.24) is 0 Å². The van der Waals surface area contributed by atoms with E-state index in [-0.39, 0.29) is 0 Å². The molecular formula is C24H17Cl2N2OP. The second-order valence-corrected chi connectivity index (χ2v) is 12.3. The molecule has 0 amide bonds. The molecule has 0 fully saturated rings. The van der Waals surface area contributed by atoms with Gasteiger partial charge in [-0.25, -0.2) is 0 Å². The van der Waals surface area contributed by atoms with Gasteiger partial charge in [0.25, 0.3) is 0 Å². The summed E-state index contributed by atoms with van der Waals surface area (Å²) in [7, 11) is 0. The van der Waals surface area contributed by atoms with Crippen LogP contribution in [0.3, 0.4) is 0 Å². The van der Waals surface area contributed by atoms with Crippen LogP contribution in [0.2, 0.25) is 10.0 Å². The number of nitrogens with zero attached hydrogens (tertiary/aromatic N) is 2. The Kier molecular flexibility index (Phi) is 4.53. The Morgan fingerprint density at radius 1 is 0.600 bits per heavy atom. The first-order valence-corrected chi connectivity index (χ1v) is 12.4. The molecule has 148 valence electrons. The standard InChI is InChI=1S/C24H17Cl2N2OP/c25-17-6-11-21(12-7-17)30(29,20-4-2-1-3-5-20,22-13-8-18(26)9-14-22)24-15-10-19-16-23(24)28-27-19/h1-16,29H. The van der Waals surface area contributed by atoms with Crippen LogP contribution in [0.5, 0.6) is 0 Å². The average Bonchev–Trinajstić information content (AvgIpc) is 3.15. The Morgan fingerprint density at radius 3 is 1.70 bits per heavy atom. The fourth-order valence-corrected chi connectivity index (χ4v) is 9.29. The molecule has 4 aromatic rings. The molecule has 5 rings (SSSR count). The topological polar surface area (TPSA) is 45.0 Å². The van der Waals surface area contributed by atoms with Gasteiger partial charge >= 0.3 is 185 Å². The number of fused-ring (bicyclic) bond motifs is 2. The van der Waals surface area contributed by atoms with Crippen LogP contribution in [0.25, 0.3) is 0 Å². The SMILES string of the molecule is OP(c1ccccc1)(c1ccc(Cl)cc1)(c1ccc(Cl)cc1)c1ccc2cc1N=N2. The quantitative estimate of drug-likeness (QED) is 0.346. The molecule has 0 saturated heterocycles. The van der Waals surface area contributed by atoms with Crippen LogP contribution in [0.15, 0.2) is 107 Å². The molecule has 0 aromatic heterocycles. The summed E-state index contributed by atoms with van der Waals surface area (Å²) in [5.41, 5.74) is 1.44. The van der Waals surface area contributed by atoms with Gasteiger partial charge in [0, 0.05) is 0 Å². The first-order chi connectivity index (χ1) is 14.5. The van der Waals surface area contributed by atoms with E-state index in [2.05, 4.69) is 10.2 Å². The van der Waals surface area contributed by atoms with Crippen molar-refractivity contribution in [2.24, 2.45) is 10.2 Å². The Morgan fingerprint density at radius 2 is 1.13 bits per heavy atom. The molecule has 0 saturated carbocycles. The van der Waals surface area contributed by atoms with E-state index >= 15 is 0 Å². The van der Waals surface area contributed by atoms with Crippen molar-refractivity contribution in [2.75, 3.05) is 0 Å². The summed E-state index contributed by atoms with van der Waals surface area (Å²) in [6, 6.07) is 30.3. The summed E-state index contributed by atoms with van der Waals surface area (Å²) in [6.07, 6.45) is 0. The zero-order valence-electron chi connectivity index (χ0n) is 15.8. The van der Waals surface area contributed by atoms with Crippen LogP contribution in [-0.4, -0.2) is 4.89 Å². The normalized spacial score (nSPS) is 13.8. The molecule has 4 aromatic carbocycles. The maximum atomic E-state index is 13.3. The molecule has 1 N–H and O–H groups in total. The zero-order valence-corrected chi connectivity index (χ0v) is 18.2. The molecule has 1 aliphatic rings. The van der Waals surface area contributed by atoms with E-state index < -0.39 is 6.83 Å². The number of halogens is 2. The third-order valence-electron chi connectivity index (χ3n) is 5.62. The molecule has 0 spiro atoms. The van der Waals surface area contributed by atoms with E-state index in [0.717, 1.165) is 26.9 Å². The van der Waals surface area contributed by atoms with Gasteiger partial charge in [-0.2, -0.15) is 0 Å². The summed E-state index contributed by atoms with van der Waals surface area (Å²) in [4.78, 5) is 13.3. The minimum atomic E-state index is -4.17. The van der Waals surface area contributed by atoms with Gasteiger partial charge in [0.15, 0.2) is 0 Å². The van der Waals surface area contributed by atoms with Crippen molar-refractivity contribution in [2.45, 2.75) is 0 Å². The third-order valence-corrected chi connectivity index (χ3v) is 11.4. The predicted octanol–water partition coefficient (Wildman–Crippen LogP) is 5.78. The Balaban J connectivity index is 2.00. The Hall–Kier alpha value is -2.55. The van der Waals surface area contributed by atoms with Gasteiger partial charge in [-0.05, 0) is 0 Å². The van der Waals surface area contributed by atoms with Crippen LogP contribution in [0.4, 0.5) is 11.4 Å². The summed E-state index contributed by atoms with van der Waals surface area (Å²) in [6.45, 7) is -4.17. The van der Waals surface area contributed by atoms with E-state index in [4.69, 9.17) is 23.2 Å².